The normalized spacial score (nSPS) is 17.5. The molecule has 0 bridgehead atoms. The molecule has 0 spiro atoms. The predicted octanol–water partition coefficient (Wildman–Crippen LogP) is 3.77. The molecule has 1 aliphatic rings. The maximum absolute atomic E-state index is 12.8. The van der Waals surface area contributed by atoms with Crippen molar-refractivity contribution in [1.29, 1.82) is 0 Å². The number of carbonyl (C=O) groups is 1. The van der Waals surface area contributed by atoms with Gasteiger partial charge in [-0.1, -0.05) is 0 Å². The standard InChI is InChI=1S/C16H18F3N3OS.ClH/c1-9-11-2-3-12(16(17,18)19)22-15(11)24-13(9)14(23)21-7-5-10-4-6-20-8-10;/h2-3,10,20H,4-8H2,1H3,(H,21,23);1H. The Bertz CT molecular complexity index is 757. The third-order valence-electron chi connectivity index (χ3n) is 4.30. The van der Waals surface area contributed by atoms with Crippen LogP contribution in [-0.2, 0) is 6.18 Å². The molecule has 0 aromatic carbocycles. The number of amides is 1. The van der Waals surface area contributed by atoms with E-state index >= 15 is 0 Å². The summed E-state index contributed by atoms with van der Waals surface area (Å²) in [7, 11) is 0. The fourth-order valence-electron chi connectivity index (χ4n) is 2.90. The Balaban J connectivity index is 0.00000225. The second kappa shape index (κ2) is 7.88. The number of aryl methyl sites for hydroxylation is 1. The molecule has 9 heteroatoms. The quantitative estimate of drug-likeness (QED) is 0.831. The van der Waals surface area contributed by atoms with Crippen LogP contribution in [0.2, 0.25) is 0 Å². The van der Waals surface area contributed by atoms with Gasteiger partial charge in [0.1, 0.15) is 10.5 Å². The maximum atomic E-state index is 12.8. The predicted molar refractivity (Wildman–Crippen MR) is 94.5 cm³/mol. The van der Waals surface area contributed by atoms with E-state index in [9.17, 15) is 18.0 Å². The first-order valence-electron chi connectivity index (χ1n) is 7.82. The van der Waals surface area contributed by atoms with Crippen LogP contribution in [0, 0.1) is 12.8 Å². The van der Waals surface area contributed by atoms with Gasteiger partial charge in [-0.2, -0.15) is 13.2 Å². The molecule has 2 aromatic heterocycles. The molecule has 1 atom stereocenters. The molecule has 2 N–H and O–H groups in total. The molecule has 4 nitrogen and oxygen atoms in total. The molecule has 138 valence electrons. The van der Waals surface area contributed by atoms with Gasteiger partial charge in [0.05, 0.1) is 4.88 Å². The molecule has 1 saturated heterocycles. The van der Waals surface area contributed by atoms with E-state index in [0.29, 0.717) is 28.3 Å². The average molecular weight is 394 g/mol. The van der Waals surface area contributed by atoms with Crippen LogP contribution in [0.3, 0.4) is 0 Å². The van der Waals surface area contributed by atoms with Crippen LogP contribution >= 0.6 is 23.7 Å². The third kappa shape index (κ3) is 4.43. The Labute approximate surface area is 153 Å². The molecule has 1 amide bonds. The number of thiophene rings is 1. The minimum Gasteiger partial charge on any atom is -0.351 e. The zero-order chi connectivity index (χ0) is 17.3. The van der Waals surface area contributed by atoms with Gasteiger partial charge in [0.25, 0.3) is 5.91 Å². The van der Waals surface area contributed by atoms with Crippen molar-refractivity contribution in [2.75, 3.05) is 19.6 Å². The summed E-state index contributed by atoms with van der Waals surface area (Å²) in [6, 6.07) is 2.34. The van der Waals surface area contributed by atoms with Gasteiger partial charge >= 0.3 is 6.18 Å². The minimum atomic E-state index is -4.48. The molecule has 3 rings (SSSR count). The Morgan fingerprint density at radius 2 is 2.20 bits per heavy atom. The molecule has 0 aliphatic carbocycles. The fourth-order valence-corrected chi connectivity index (χ4v) is 4.00. The van der Waals surface area contributed by atoms with Gasteiger partial charge < -0.3 is 10.6 Å². The first-order valence-corrected chi connectivity index (χ1v) is 8.64. The smallest absolute Gasteiger partial charge is 0.351 e. The summed E-state index contributed by atoms with van der Waals surface area (Å²) in [6.07, 6.45) is -2.47. The molecule has 25 heavy (non-hydrogen) atoms. The van der Waals surface area contributed by atoms with Crippen molar-refractivity contribution in [3.63, 3.8) is 0 Å². The highest BCUT2D eigenvalue weighted by Gasteiger charge is 2.33. The van der Waals surface area contributed by atoms with E-state index in [2.05, 4.69) is 15.6 Å². The highest BCUT2D eigenvalue weighted by molar-refractivity contribution is 7.20. The zero-order valence-electron chi connectivity index (χ0n) is 13.6. The summed E-state index contributed by atoms with van der Waals surface area (Å²) in [4.78, 5) is 16.7. The van der Waals surface area contributed by atoms with Crippen LogP contribution in [0.1, 0.15) is 33.8 Å². The molecule has 0 radical (unpaired) electrons. The van der Waals surface area contributed by atoms with Crippen LogP contribution in [0.15, 0.2) is 12.1 Å². The summed E-state index contributed by atoms with van der Waals surface area (Å²) in [5.41, 5.74) is -0.256. The van der Waals surface area contributed by atoms with Gasteiger partial charge in [0, 0.05) is 11.9 Å². The molecule has 1 fully saturated rings. The first-order chi connectivity index (χ1) is 11.4. The van der Waals surface area contributed by atoms with E-state index in [-0.39, 0.29) is 23.1 Å². The molecular formula is C16H19ClF3N3OS. The molecule has 2 aromatic rings. The van der Waals surface area contributed by atoms with Crippen molar-refractivity contribution < 1.29 is 18.0 Å². The fraction of sp³-hybridized carbons (Fsp3) is 0.500. The Morgan fingerprint density at radius 1 is 1.44 bits per heavy atom. The van der Waals surface area contributed by atoms with Crippen LogP contribution < -0.4 is 10.6 Å². The summed E-state index contributed by atoms with van der Waals surface area (Å²) in [5, 5.41) is 6.74. The highest BCUT2D eigenvalue weighted by Crippen LogP contribution is 2.34. The minimum absolute atomic E-state index is 0. The number of pyridine rings is 1. The largest absolute Gasteiger partial charge is 0.433 e. The monoisotopic (exact) mass is 393 g/mol. The van der Waals surface area contributed by atoms with E-state index in [1.807, 2.05) is 0 Å². The number of carbonyl (C=O) groups excluding carboxylic acids is 1. The summed E-state index contributed by atoms with van der Waals surface area (Å²) in [6.45, 7) is 4.30. The number of hydrogen-bond donors (Lipinski definition) is 2. The first kappa shape index (κ1) is 19.9. The molecule has 1 unspecified atom stereocenters. The number of nitrogens with one attached hydrogen (secondary N) is 2. The van der Waals surface area contributed by atoms with Gasteiger partial charge in [-0.05, 0) is 56.5 Å². The number of aromatic nitrogens is 1. The molecular weight excluding hydrogens is 375 g/mol. The van der Waals surface area contributed by atoms with Gasteiger partial charge in [0.2, 0.25) is 0 Å². The number of alkyl halides is 3. The lowest BCUT2D eigenvalue weighted by atomic mass is 10.1. The van der Waals surface area contributed by atoms with Gasteiger partial charge in [0.15, 0.2) is 0 Å². The lowest BCUT2D eigenvalue weighted by Gasteiger charge is -2.09. The summed E-state index contributed by atoms with van der Waals surface area (Å²) < 4.78 is 38.3. The van der Waals surface area contributed by atoms with Crippen molar-refractivity contribution in [3.8, 4) is 0 Å². The average Bonchev–Trinajstić information content (AvgIpc) is 3.14. The van der Waals surface area contributed by atoms with Crippen molar-refractivity contribution in [3.05, 3.63) is 28.3 Å². The van der Waals surface area contributed by atoms with Gasteiger partial charge in [-0.25, -0.2) is 4.98 Å². The van der Waals surface area contributed by atoms with Crippen LogP contribution in [0.4, 0.5) is 13.2 Å². The third-order valence-corrected chi connectivity index (χ3v) is 5.50. The number of fused-ring (bicyclic) bond motifs is 1. The van der Waals surface area contributed by atoms with Crippen molar-refractivity contribution in [2.45, 2.75) is 25.9 Å². The molecule has 0 saturated carbocycles. The molecule has 1 aliphatic heterocycles. The van der Waals surface area contributed by atoms with E-state index in [1.165, 1.54) is 6.07 Å². The number of nitrogens with zero attached hydrogens (tertiary/aromatic N) is 1. The second-order valence-corrected chi connectivity index (χ2v) is 7.01. The second-order valence-electron chi connectivity index (χ2n) is 6.01. The summed E-state index contributed by atoms with van der Waals surface area (Å²) >= 11 is 1.01. The highest BCUT2D eigenvalue weighted by atomic mass is 35.5. The summed E-state index contributed by atoms with van der Waals surface area (Å²) in [5.74, 6) is 0.333. The van der Waals surface area contributed by atoms with Crippen molar-refractivity contribution >= 4 is 39.9 Å². The lowest BCUT2D eigenvalue weighted by molar-refractivity contribution is -0.140. The Hall–Kier alpha value is -1.38. The number of rotatable bonds is 4. The number of hydrogen-bond acceptors (Lipinski definition) is 4. The van der Waals surface area contributed by atoms with Gasteiger partial charge in [-0.3, -0.25) is 4.79 Å². The SMILES string of the molecule is Cc1c(C(=O)NCCC2CCNC2)sc2nc(C(F)(F)F)ccc12.Cl. The lowest BCUT2D eigenvalue weighted by Crippen LogP contribution is -2.26. The van der Waals surface area contributed by atoms with Crippen molar-refractivity contribution in [2.24, 2.45) is 5.92 Å². The van der Waals surface area contributed by atoms with Crippen LogP contribution in [0.25, 0.3) is 10.2 Å². The zero-order valence-corrected chi connectivity index (χ0v) is 15.2. The topological polar surface area (TPSA) is 54.0 Å². The van der Waals surface area contributed by atoms with E-state index in [1.54, 1.807) is 6.92 Å². The van der Waals surface area contributed by atoms with E-state index in [4.69, 9.17) is 0 Å². The number of halogens is 4. The van der Waals surface area contributed by atoms with E-state index in [0.717, 1.165) is 43.3 Å². The maximum Gasteiger partial charge on any atom is 0.433 e. The van der Waals surface area contributed by atoms with Gasteiger partial charge in [-0.15, -0.1) is 23.7 Å². The van der Waals surface area contributed by atoms with Crippen LogP contribution in [-0.4, -0.2) is 30.5 Å². The Morgan fingerprint density at radius 3 is 2.84 bits per heavy atom. The molecule has 3 heterocycles. The Kier molecular flexibility index (Phi) is 6.29. The van der Waals surface area contributed by atoms with E-state index < -0.39 is 11.9 Å². The van der Waals surface area contributed by atoms with Crippen molar-refractivity contribution in [1.82, 2.24) is 15.6 Å². The van der Waals surface area contributed by atoms with Crippen LogP contribution in [0.5, 0.6) is 0 Å².